The predicted octanol–water partition coefficient (Wildman–Crippen LogP) is 3.94. The van der Waals surface area contributed by atoms with Crippen molar-refractivity contribution in [1.82, 2.24) is 14.9 Å². The van der Waals surface area contributed by atoms with Crippen LogP contribution < -0.4 is 14.8 Å². The Morgan fingerprint density at radius 1 is 0.967 bits per heavy atom. The predicted molar refractivity (Wildman–Crippen MR) is 115 cm³/mol. The monoisotopic (exact) mass is 401 g/mol. The minimum absolute atomic E-state index is 0.106. The second-order valence-electron chi connectivity index (χ2n) is 6.79. The number of fused-ring (bicyclic) bond motifs is 1. The van der Waals surface area contributed by atoms with Gasteiger partial charge in [-0.1, -0.05) is 48.5 Å². The quantitative estimate of drug-likeness (QED) is 0.486. The average molecular weight is 401 g/mol. The van der Waals surface area contributed by atoms with Crippen molar-refractivity contribution in [3.8, 4) is 11.5 Å². The van der Waals surface area contributed by atoms with Gasteiger partial charge in [0.1, 0.15) is 30.5 Å². The number of hydrogen-bond acceptors (Lipinski definition) is 4. The molecule has 152 valence electrons. The van der Waals surface area contributed by atoms with E-state index in [1.54, 1.807) is 7.11 Å². The summed E-state index contributed by atoms with van der Waals surface area (Å²) in [4.78, 5) is 17.4. The van der Waals surface area contributed by atoms with E-state index in [4.69, 9.17) is 9.47 Å². The summed E-state index contributed by atoms with van der Waals surface area (Å²) in [6, 6.07) is 25.0. The number of aromatic nitrogens is 2. The summed E-state index contributed by atoms with van der Waals surface area (Å²) in [6.45, 7) is 0.826. The van der Waals surface area contributed by atoms with Gasteiger partial charge in [-0.05, 0) is 30.3 Å². The van der Waals surface area contributed by atoms with Gasteiger partial charge >= 0.3 is 0 Å². The van der Waals surface area contributed by atoms with Crippen LogP contribution in [0.25, 0.3) is 11.0 Å². The smallest absolute Gasteiger partial charge is 0.240 e. The van der Waals surface area contributed by atoms with E-state index < -0.39 is 0 Å². The molecule has 0 saturated carbocycles. The number of rotatable bonds is 8. The van der Waals surface area contributed by atoms with Gasteiger partial charge in [-0.15, -0.1) is 0 Å². The third-order valence-electron chi connectivity index (χ3n) is 4.81. The fraction of sp³-hybridized carbons (Fsp3) is 0.167. The number of carbonyl (C=O) groups excluding carboxylic acids is 1. The highest BCUT2D eigenvalue weighted by atomic mass is 16.5. The van der Waals surface area contributed by atoms with Crippen LogP contribution in [0.4, 0.5) is 0 Å². The van der Waals surface area contributed by atoms with Crippen molar-refractivity contribution in [2.24, 2.45) is 0 Å². The fourth-order valence-electron chi connectivity index (χ4n) is 3.32. The molecule has 30 heavy (non-hydrogen) atoms. The molecule has 3 aromatic carbocycles. The SMILES string of the molecule is COc1ccccc1CNC(=O)Cn1c(COc2ccccc2)nc2ccccc21. The van der Waals surface area contributed by atoms with Crippen LogP contribution in [-0.2, 0) is 24.5 Å². The molecule has 0 aliphatic carbocycles. The minimum Gasteiger partial charge on any atom is -0.496 e. The molecule has 1 amide bonds. The molecule has 6 nitrogen and oxygen atoms in total. The summed E-state index contributed by atoms with van der Waals surface area (Å²) in [5.74, 6) is 2.11. The van der Waals surface area contributed by atoms with Crippen LogP contribution >= 0.6 is 0 Å². The van der Waals surface area contributed by atoms with Gasteiger partial charge < -0.3 is 19.4 Å². The molecular formula is C24H23N3O3. The first-order chi connectivity index (χ1) is 14.7. The number of methoxy groups -OCH3 is 1. The van der Waals surface area contributed by atoms with Gasteiger partial charge in [0.15, 0.2) is 0 Å². The standard InChI is InChI=1S/C24H23N3O3/c1-29-22-14-8-5-9-18(22)15-25-24(28)16-27-21-13-7-6-12-20(21)26-23(27)17-30-19-10-3-2-4-11-19/h2-14H,15-17H2,1H3,(H,25,28). The van der Waals surface area contributed by atoms with Crippen molar-refractivity contribution in [3.05, 3.63) is 90.3 Å². The Kier molecular flexibility index (Phi) is 5.94. The number of imidazole rings is 1. The summed E-state index contributed by atoms with van der Waals surface area (Å²) in [6.07, 6.45) is 0. The average Bonchev–Trinajstić information content (AvgIpc) is 3.14. The molecule has 0 aliphatic rings. The molecule has 0 spiro atoms. The Morgan fingerprint density at radius 2 is 1.70 bits per heavy atom. The number of benzene rings is 3. The molecular weight excluding hydrogens is 378 g/mol. The zero-order valence-corrected chi connectivity index (χ0v) is 16.7. The highest BCUT2D eigenvalue weighted by Crippen LogP contribution is 2.19. The molecule has 0 atom stereocenters. The molecule has 6 heteroatoms. The van der Waals surface area contributed by atoms with E-state index in [9.17, 15) is 4.79 Å². The van der Waals surface area contributed by atoms with E-state index in [-0.39, 0.29) is 19.1 Å². The van der Waals surface area contributed by atoms with E-state index in [1.807, 2.05) is 83.4 Å². The van der Waals surface area contributed by atoms with Crippen molar-refractivity contribution in [1.29, 1.82) is 0 Å². The lowest BCUT2D eigenvalue weighted by Gasteiger charge is -2.12. The Balaban J connectivity index is 1.50. The number of amides is 1. The van der Waals surface area contributed by atoms with E-state index in [2.05, 4.69) is 10.3 Å². The van der Waals surface area contributed by atoms with Crippen molar-refractivity contribution in [2.75, 3.05) is 7.11 Å². The molecule has 0 radical (unpaired) electrons. The van der Waals surface area contributed by atoms with Gasteiger partial charge in [-0.25, -0.2) is 4.98 Å². The maximum atomic E-state index is 12.7. The third-order valence-corrected chi connectivity index (χ3v) is 4.81. The Bertz CT molecular complexity index is 1140. The first-order valence-electron chi connectivity index (χ1n) is 9.75. The lowest BCUT2D eigenvalue weighted by atomic mass is 10.2. The summed E-state index contributed by atoms with van der Waals surface area (Å²) in [5.41, 5.74) is 2.66. The third kappa shape index (κ3) is 4.43. The first-order valence-corrected chi connectivity index (χ1v) is 9.75. The van der Waals surface area contributed by atoms with Crippen LogP contribution in [0.15, 0.2) is 78.9 Å². The number of nitrogens with one attached hydrogen (secondary N) is 1. The topological polar surface area (TPSA) is 65.4 Å². The molecule has 0 unspecified atom stereocenters. The maximum absolute atomic E-state index is 12.7. The normalized spacial score (nSPS) is 10.7. The van der Waals surface area contributed by atoms with Crippen LogP contribution in [0.1, 0.15) is 11.4 Å². The zero-order chi connectivity index (χ0) is 20.8. The largest absolute Gasteiger partial charge is 0.496 e. The zero-order valence-electron chi connectivity index (χ0n) is 16.7. The number of hydrogen-bond donors (Lipinski definition) is 1. The van der Waals surface area contributed by atoms with Crippen LogP contribution in [0.2, 0.25) is 0 Å². The van der Waals surface area contributed by atoms with Gasteiger partial charge in [0, 0.05) is 12.1 Å². The number of carbonyl (C=O) groups is 1. The van der Waals surface area contributed by atoms with Crippen LogP contribution in [0.3, 0.4) is 0 Å². The van der Waals surface area contributed by atoms with E-state index in [0.29, 0.717) is 12.4 Å². The number of ether oxygens (including phenoxy) is 2. The fourth-order valence-corrected chi connectivity index (χ4v) is 3.32. The summed E-state index contributed by atoms with van der Waals surface area (Å²) in [5, 5.41) is 2.97. The molecule has 0 bridgehead atoms. The minimum atomic E-state index is -0.106. The molecule has 1 aromatic heterocycles. The molecule has 4 aromatic rings. The molecule has 1 N–H and O–H groups in total. The number of nitrogens with zero attached hydrogens (tertiary/aromatic N) is 2. The van der Waals surface area contributed by atoms with Gasteiger partial charge in [0.25, 0.3) is 0 Å². The van der Waals surface area contributed by atoms with Gasteiger partial charge in [0.05, 0.1) is 18.1 Å². The van der Waals surface area contributed by atoms with Gasteiger partial charge in [0.2, 0.25) is 5.91 Å². The van der Waals surface area contributed by atoms with Crippen molar-refractivity contribution in [3.63, 3.8) is 0 Å². The lowest BCUT2D eigenvalue weighted by Crippen LogP contribution is -2.28. The summed E-state index contributed by atoms with van der Waals surface area (Å²) in [7, 11) is 1.62. The molecule has 0 saturated heterocycles. The summed E-state index contributed by atoms with van der Waals surface area (Å²) < 4.78 is 13.1. The Labute approximate surface area is 175 Å². The van der Waals surface area contributed by atoms with Gasteiger partial charge in [-0.2, -0.15) is 0 Å². The van der Waals surface area contributed by atoms with Crippen LogP contribution in [0, 0.1) is 0 Å². The summed E-state index contributed by atoms with van der Waals surface area (Å²) >= 11 is 0. The second-order valence-corrected chi connectivity index (χ2v) is 6.79. The molecule has 4 rings (SSSR count). The van der Waals surface area contributed by atoms with E-state index >= 15 is 0 Å². The van der Waals surface area contributed by atoms with E-state index in [0.717, 1.165) is 28.1 Å². The van der Waals surface area contributed by atoms with E-state index in [1.165, 1.54) is 0 Å². The number of para-hydroxylation sites is 4. The lowest BCUT2D eigenvalue weighted by molar-refractivity contribution is -0.121. The molecule has 1 heterocycles. The highest BCUT2D eigenvalue weighted by molar-refractivity contribution is 5.81. The molecule has 0 aliphatic heterocycles. The van der Waals surface area contributed by atoms with Crippen molar-refractivity contribution in [2.45, 2.75) is 19.7 Å². The van der Waals surface area contributed by atoms with Gasteiger partial charge in [-0.3, -0.25) is 4.79 Å². The highest BCUT2D eigenvalue weighted by Gasteiger charge is 2.14. The van der Waals surface area contributed by atoms with Crippen LogP contribution in [0.5, 0.6) is 11.5 Å². The molecule has 0 fully saturated rings. The first kappa shape index (κ1) is 19.5. The Morgan fingerprint density at radius 3 is 2.53 bits per heavy atom. The van der Waals surface area contributed by atoms with Crippen molar-refractivity contribution < 1.29 is 14.3 Å². The second kappa shape index (κ2) is 9.13. The maximum Gasteiger partial charge on any atom is 0.240 e. The van der Waals surface area contributed by atoms with Crippen LogP contribution in [-0.4, -0.2) is 22.6 Å². The Hall–Kier alpha value is -3.80. The van der Waals surface area contributed by atoms with Crippen molar-refractivity contribution >= 4 is 16.9 Å².